The molecule has 0 radical (unpaired) electrons. The topological polar surface area (TPSA) is 17.8 Å². The molecule has 0 aromatic carbocycles. The van der Waals surface area contributed by atoms with Crippen LogP contribution in [0.1, 0.15) is 19.4 Å². The molecule has 1 rings (SSSR count). The fourth-order valence-corrected chi connectivity index (χ4v) is 1.11. The third-order valence-electron chi connectivity index (χ3n) is 1.70. The van der Waals surface area contributed by atoms with Crippen molar-refractivity contribution in [3.63, 3.8) is 0 Å². The number of rotatable bonds is 2. The first-order chi connectivity index (χ1) is 5.77. The zero-order chi connectivity index (χ0) is 8.97. The summed E-state index contributed by atoms with van der Waals surface area (Å²) < 4.78 is 1.81. The summed E-state index contributed by atoms with van der Waals surface area (Å²) in [5.74, 6) is 0. The molecule has 0 saturated heterocycles. The van der Waals surface area contributed by atoms with Gasteiger partial charge in [-0.3, -0.25) is 4.68 Å². The quantitative estimate of drug-likeness (QED) is 0.610. The van der Waals surface area contributed by atoms with Gasteiger partial charge in [-0.15, -0.1) is 0 Å². The lowest BCUT2D eigenvalue weighted by atomic mass is 10.1. The fraction of sp³-hybridized carbons (Fsp3) is 0.300. The first-order valence-electron chi connectivity index (χ1n) is 4.06. The molecule has 64 valence electrons. The van der Waals surface area contributed by atoms with Crippen LogP contribution in [0.25, 0.3) is 5.57 Å². The normalized spacial score (nSPS) is 12.8. The van der Waals surface area contributed by atoms with Crippen molar-refractivity contribution in [2.75, 3.05) is 0 Å². The third kappa shape index (κ3) is 1.84. The molecule has 0 spiro atoms. The van der Waals surface area contributed by atoms with Crippen LogP contribution in [0.5, 0.6) is 0 Å². The Morgan fingerprint density at radius 3 is 2.67 bits per heavy atom. The van der Waals surface area contributed by atoms with Crippen LogP contribution in [0, 0.1) is 0 Å². The molecule has 2 nitrogen and oxygen atoms in total. The lowest BCUT2D eigenvalue weighted by Gasteiger charge is -1.94. The molecule has 1 aromatic rings. The van der Waals surface area contributed by atoms with E-state index in [-0.39, 0.29) is 0 Å². The summed E-state index contributed by atoms with van der Waals surface area (Å²) in [5, 5.41) is 4.11. The van der Waals surface area contributed by atoms with Gasteiger partial charge in [-0.25, -0.2) is 0 Å². The van der Waals surface area contributed by atoms with Gasteiger partial charge in [0.25, 0.3) is 0 Å². The van der Waals surface area contributed by atoms with Crippen LogP contribution < -0.4 is 0 Å². The number of hydrogen-bond acceptors (Lipinski definition) is 1. The predicted octanol–water partition coefficient (Wildman–Crippen LogP) is 2.40. The van der Waals surface area contributed by atoms with Crippen molar-refractivity contribution >= 4 is 5.57 Å². The Morgan fingerprint density at radius 2 is 2.25 bits per heavy atom. The van der Waals surface area contributed by atoms with E-state index >= 15 is 0 Å². The molecule has 0 atom stereocenters. The Labute approximate surface area is 73.2 Å². The Bertz CT molecular complexity index is 305. The predicted molar refractivity (Wildman–Crippen MR) is 51.7 cm³/mol. The van der Waals surface area contributed by atoms with Crippen molar-refractivity contribution in [3.8, 4) is 0 Å². The molecule has 0 aliphatic heterocycles. The van der Waals surface area contributed by atoms with Gasteiger partial charge < -0.3 is 0 Å². The van der Waals surface area contributed by atoms with Crippen molar-refractivity contribution < 1.29 is 0 Å². The summed E-state index contributed by atoms with van der Waals surface area (Å²) in [6, 6.07) is 0. The maximum atomic E-state index is 4.11. The van der Waals surface area contributed by atoms with E-state index < -0.39 is 0 Å². The monoisotopic (exact) mass is 162 g/mol. The lowest BCUT2D eigenvalue weighted by molar-refractivity contribution is 0.767. The van der Waals surface area contributed by atoms with Crippen molar-refractivity contribution in [1.29, 1.82) is 0 Å². The minimum Gasteiger partial charge on any atom is -0.275 e. The van der Waals surface area contributed by atoms with Crippen molar-refractivity contribution in [2.24, 2.45) is 7.05 Å². The first kappa shape index (κ1) is 8.78. The largest absolute Gasteiger partial charge is 0.275 e. The van der Waals surface area contributed by atoms with E-state index in [2.05, 4.69) is 17.3 Å². The van der Waals surface area contributed by atoms with Crippen LogP contribution >= 0.6 is 0 Å². The molecule has 0 bridgehead atoms. The standard InChI is InChI=1S/C10H14N2/c1-4-6-9(5-2)10-7-11-12(3)8-10/h4-8H,1-3H3/b6-4-,9-5+. The van der Waals surface area contributed by atoms with Gasteiger partial charge in [0.1, 0.15) is 0 Å². The highest BCUT2D eigenvalue weighted by molar-refractivity contribution is 5.72. The zero-order valence-electron chi connectivity index (χ0n) is 7.78. The molecule has 1 aromatic heterocycles. The molecule has 0 fully saturated rings. The van der Waals surface area contributed by atoms with E-state index in [0.717, 1.165) is 5.56 Å². The Morgan fingerprint density at radius 1 is 1.50 bits per heavy atom. The van der Waals surface area contributed by atoms with Gasteiger partial charge in [0.05, 0.1) is 6.20 Å². The number of aromatic nitrogens is 2. The summed E-state index contributed by atoms with van der Waals surface area (Å²) in [6.07, 6.45) is 10.1. The maximum absolute atomic E-state index is 4.11. The number of hydrogen-bond donors (Lipinski definition) is 0. The summed E-state index contributed by atoms with van der Waals surface area (Å²) in [6.45, 7) is 4.04. The molecule has 0 aliphatic carbocycles. The van der Waals surface area contributed by atoms with Gasteiger partial charge in [-0.1, -0.05) is 18.2 Å². The molecule has 0 unspecified atom stereocenters. The van der Waals surface area contributed by atoms with Crippen molar-refractivity contribution in [3.05, 3.63) is 36.2 Å². The lowest BCUT2D eigenvalue weighted by Crippen LogP contribution is -1.84. The van der Waals surface area contributed by atoms with Gasteiger partial charge in [-0.05, 0) is 19.4 Å². The SMILES string of the molecule is C/C=C\C(=C/C)c1cnn(C)c1. The molecule has 0 aliphatic rings. The highest BCUT2D eigenvalue weighted by Gasteiger charge is 1.97. The second-order valence-electron chi connectivity index (χ2n) is 2.65. The smallest absolute Gasteiger partial charge is 0.0568 e. The van der Waals surface area contributed by atoms with E-state index in [0.29, 0.717) is 0 Å². The summed E-state index contributed by atoms with van der Waals surface area (Å²) in [7, 11) is 1.92. The van der Waals surface area contributed by atoms with Crippen LogP contribution in [-0.4, -0.2) is 9.78 Å². The number of nitrogens with zero attached hydrogens (tertiary/aromatic N) is 2. The average molecular weight is 162 g/mol. The Hall–Kier alpha value is -1.31. The average Bonchev–Trinajstić information content (AvgIpc) is 2.47. The van der Waals surface area contributed by atoms with Gasteiger partial charge in [0, 0.05) is 18.8 Å². The van der Waals surface area contributed by atoms with Crippen LogP contribution in [0.4, 0.5) is 0 Å². The van der Waals surface area contributed by atoms with E-state index in [4.69, 9.17) is 0 Å². The van der Waals surface area contributed by atoms with E-state index in [9.17, 15) is 0 Å². The summed E-state index contributed by atoms with van der Waals surface area (Å²) >= 11 is 0. The van der Waals surface area contributed by atoms with Gasteiger partial charge >= 0.3 is 0 Å². The minimum absolute atomic E-state index is 1.16. The van der Waals surface area contributed by atoms with Gasteiger partial charge in [0.2, 0.25) is 0 Å². The second kappa shape index (κ2) is 3.90. The molecule has 1 heterocycles. The minimum atomic E-state index is 1.16. The van der Waals surface area contributed by atoms with Crippen LogP contribution in [0.3, 0.4) is 0 Å². The van der Waals surface area contributed by atoms with Crippen LogP contribution in [0.2, 0.25) is 0 Å². The first-order valence-corrected chi connectivity index (χ1v) is 4.06. The molecular weight excluding hydrogens is 148 g/mol. The molecule has 0 saturated carbocycles. The number of aryl methyl sites for hydroxylation is 1. The highest BCUT2D eigenvalue weighted by atomic mass is 15.2. The third-order valence-corrected chi connectivity index (χ3v) is 1.70. The highest BCUT2D eigenvalue weighted by Crippen LogP contribution is 2.13. The van der Waals surface area contributed by atoms with Crippen molar-refractivity contribution in [2.45, 2.75) is 13.8 Å². The fourth-order valence-electron chi connectivity index (χ4n) is 1.11. The number of allylic oxidation sites excluding steroid dienone is 4. The summed E-state index contributed by atoms with van der Waals surface area (Å²) in [4.78, 5) is 0. The molecule has 0 amide bonds. The molecule has 0 N–H and O–H groups in total. The Kier molecular flexibility index (Phi) is 2.86. The summed E-state index contributed by atoms with van der Waals surface area (Å²) in [5.41, 5.74) is 2.38. The second-order valence-corrected chi connectivity index (χ2v) is 2.65. The van der Waals surface area contributed by atoms with Gasteiger partial charge in [-0.2, -0.15) is 5.10 Å². The van der Waals surface area contributed by atoms with Crippen LogP contribution in [0.15, 0.2) is 30.6 Å². The Balaban J connectivity index is 2.96. The molecule has 2 heteroatoms. The molecular formula is C10H14N2. The maximum Gasteiger partial charge on any atom is 0.0568 e. The zero-order valence-corrected chi connectivity index (χ0v) is 7.78. The van der Waals surface area contributed by atoms with E-state index in [1.165, 1.54) is 5.57 Å². The molecule has 12 heavy (non-hydrogen) atoms. The van der Waals surface area contributed by atoms with Crippen LogP contribution in [-0.2, 0) is 7.05 Å². The van der Waals surface area contributed by atoms with Crippen molar-refractivity contribution in [1.82, 2.24) is 9.78 Å². The van der Waals surface area contributed by atoms with E-state index in [1.54, 1.807) is 0 Å². The van der Waals surface area contributed by atoms with E-state index in [1.807, 2.05) is 44.0 Å². The van der Waals surface area contributed by atoms with Gasteiger partial charge in [0.15, 0.2) is 0 Å².